The first-order valence-corrected chi connectivity index (χ1v) is 12.1. The number of nitrogens with zero attached hydrogens (tertiary/aromatic N) is 3. The van der Waals surface area contributed by atoms with Crippen LogP contribution in [0, 0.1) is 13.8 Å². The van der Waals surface area contributed by atoms with E-state index >= 15 is 0 Å². The number of hydrogen-bond acceptors (Lipinski definition) is 6. The molecule has 0 saturated carbocycles. The highest BCUT2D eigenvalue weighted by molar-refractivity contribution is 7.93. The number of rotatable bonds is 8. The number of hydrogen-bond donors (Lipinski definition) is 1. The van der Waals surface area contributed by atoms with Crippen molar-refractivity contribution in [3.63, 3.8) is 0 Å². The van der Waals surface area contributed by atoms with Crippen molar-refractivity contribution in [1.82, 2.24) is 9.78 Å². The van der Waals surface area contributed by atoms with Crippen LogP contribution in [0.25, 0.3) is 0 Å². The lowest BCUT2D eigenvalue weighted by atomic mass is 10.2. The number of ether oxygens (including phenoxy) is 1. The Morgan fingerprint density at radius 3 is 2.80 bits per heavy atom. The molecule has 2 aromatic heterocycles. The highest BCUT2D eigenvalue weighted by Gasteiger charge is 2.35. The van der Waals surface area contributed by atoms with Gasteiger partial charge in [0, 0.05) is 11.4 Å². The zero-order chi connectivity index (χ0) is 21.3. The highest BCUT2D eigenvalue weighted by Crippen LogP contribution is 2.34. The smallest absolute Gasteiger partial charge is 0.268 e. The van der Waals surface area contributed by atoms with Crippen molar-refractivity contribution in [2.75, 3.05) is 17.5 Å². The molecule has 1 atom stereocenters. The Bertz CT molecular complexity index is 1120. The van der Waals surface area contributed by atoms with E-state index in [0.29, 0.717) is 31.0 Å². The summed E-state index contributed by atoms with van der Waals surface area (Å²) in [4.78, 5) is 1.30. The zero-order valence-corrected chi connectivity index (χ0v) is 18.6. The fourth-order valence-electron chi connectivity index (χ4n) is 3.84. The fourth-order valence-corrected chi connectivity index (χ4v) is 6.36. The number of aromatic nitrogens is 2. The molecule has 1 aliphatic rings. The van der Waals surface area contributed by atoms with E-state index < -0.39 is 16.1 Å². The van der Waals surface area contributed by atoms with E-state index in [1.54, 1.807) is 29.9 Å². The van der Waals surface area contributed by atoms with E-state index in [2.05, 4.69) is 5.10 Å². The van der Waals surface area contributed by atoms with Gasteiger partial charge < -0.3 is 9.84 Å². The molecule has 1 N–H and O–H groups in total. The van der Waals surface area contributed by atoms with Gasteiger partial charge in [-0.2, -0.15) is 5.10 Å². The van der Waals surface area contributed by atoms with Crippen LogP contribution < -0.4 is 4.31 Å². The Morgan fingerprint density at radius 2 is 2.03 bits per heavy atom. The molecule has 0 amide bonds. The lowest BCUT2D eigenvalue weighted by Gasteiger charge is -2.20. The molecule has 4 rings (SSSR count). The molecule has 1 unspecified atom stereocenters. The summed E-state index contributed by atoms with van der Waals surface area (Å²) in [7, 11) is -3.74. The van der Waals surface area contributed by atoms with Gasteiger partial charge in [-0.1, -0.05) is 24.3 Å². The number of para-hydroxylation sites is 1. The average Bonchev–Trinajstić information content (AvgIpc) is 3.42. The van der Waals surface area contributed by atoms with E-state index in [1.807, 2.05) is 41.8 Å². The SMILES string of the molecule is Cc1nn(CC(O)COCc2cccs2)c(C)c1S(=O)(=O)N1CCc2ccccc21. The van der Waals surface area contributed by atoms with E-state index in [0.717, 1.165) is 16.1 Å². The van der Waals surface area contributed by atoms with Crippen LogP contribution in [0.3, 0.4) is 0 Å². The van der Waals surface area contributed by atoms with Crippen LogP contribution in [0.1, 0.15) is 21.8 Å². The zero-order valence-electron chi connectivity index (χ0n) is 17.0. The van der Waals surface area contributed by atoms with Gasteiger partial charge in [0.05, 0.1) is 42.9 Å². The molecule has 160 valence electrons. The summed E-state index contributed by atoms with van der Waals surface area (Å²) < 4.78 is 35.4. The van der Waals surface area contributed by atoms with Crippen LogP contribution in [0.4, 0.5) is 5.69 Å². The van der Waals surface area contributed by atoms with Gasteiger partial charge in [0.15, 0.2) is 0 Å². The molecule has 1 aromatic carbocycles. The normalized spacial score (nSPS) is 14.8. The van der Waals surface area contributed by atoms with Crippen molar-refractivity contribution < 1.29 is 18.3 Å². The summed E-state index contributed by atoms with van der Waals surface area (Å²) in [5.74, 6) is 0. The number of sulfonamides is 1. The van der Waals surface area contributed by atoms with Gasteiger partial charge in [-0.15, -0.1) is 11.3 Å². The number of aryl methyl sites for hydroxylation is 1. The molecule has 9 heteroatoms. The molecule has 0 fully saturated rings. The molecule has 0 saturated heterocycles. The number of thiophene rings is 1. The first-order valence-electron chi connectivity index (χ1n) is 9.80. The maximum Gasteiger partial charge on any atom is 0.268 e. The topological polar surface area (TPSA) is 84.7 Å². The summed E-state index contributed by atoms with van der Waals surface area (Å²) in [6.45, 7) is 4.61. The van der Waals surface area contributed by atoms with Crippen molar-refractivity contribution >= 4 is 27.0 Å². The predicted molar refractivity (Wildman–Crippen MR) is 116 cm³/mol. The molecule has 3 heterocycles. The second-order valence-electron chi connectivity index (χ2n) is 7.39. The number of fused-ring (bicyclic) bond motifs is 1. The van der Waals surface area contributed by atoms with Crippen LogP contribution in [-0.4, -0.2) is 42.6 Å². The average molecular weight is 448 g/mol. The minimum Gasteiger partial charge on any atom is -0.389 e. The molecule has 3 aromatic rings. The molecule has 0 bridgehead atoms. The number of aliphatic hydroxyl groups is 1. The summed E-state index contributed by atoms with van der Waals surface area (Å²) >= 11 is 1.60. The second kappa shape index (κ2) is 8.50. The first kappa shape index (κ1) is 21.0. The Kier molecular flexibility index (Phi) is 5.97. The van der Waals surface area contributed by atoms with E-state index in [4.69, 9.17) is 4.74 Å². The molecular weight excluding hydrogens is 422 g/mol. The van der Waals surface area contributed by atoms with Crippen molar-refractivity contribution in [2.45, 2.75) is 44.4 Å². The molecule has 0 aliphatic carbocycles. The van der Waals surface area contributed by atoms with Gasteiger partial charge in [0.25, 0.3) is 10.0 Å². The van der Waals surface area contributed by atoms with Crippen molar-refractivity contribution in [1.29, 1.82) is 0 Å². The lowest BCUT2D eigenvalue weighted by molar-refractivity contribution is 0.0192. The quantitative estimate of drug-likeness (QED) is 0.574. The van der Waals surface area contributed by atoms with Gasteiger partial charge in [-0.25, -0.2) is 8.42 Å². The van der Waals surface area contributed by atoms with E-state index in [-0.39, 0.29) is 18.0 Å². The van der Waals surface area contributed by atoms with E-state index in [1.165, 1.54) is 4.31 Å². The fraction of sp³-hybridized carbons (Fsp3) is 0.381. The van der Waals surface area contributed by atoms with Crippen LogP contribution in [0.15, 0.2) is 46.7 Å². The summed E-state index contributed by atoms with van der Waals surface area (Å²) in [6.07, 6.45) is -0.0897. The number of benzene rings is 1. The third-order valence-electron chi connectivity index (χ3n) is 5.23. The maximum atomic E-state index is 13.4. The lowest BCUT2D eigenvalue weighted by Crippen LogP contribution is -2.30. The van der Waals surface area contributed by atoms with Gasteiger partial charge in [0.2, 0.25) is 0 Å². The molecule has 30 heavy (non-hydrogen) atoms. The maximum absolute atomic E-state index is 13.4. The van der Waals surface area contributed by atoms with Gasteiger partial charge in [-0.05, 0) is 43.3 Å². The van der Waals surface area contributed by atoms with Crippen molar-refractivity contribution in [2.24, 2.45) is 0 Å². The minimum atomic E-state index is -3.74. The monoisotopic (exact) mass is 447 g/mol. The third-order valence-corrected chi connectivity index (χ3v) is 8.14. The van der Waals surface area contributed by atoms with Crippen LogP contribution in [0.2, 0.25) is 0 Å². The number of anilines is 1. The Labute approximate surface area is 180 Å². The Morgan fingerprint density at radius 1 is 1.23 bits per heavy atom. The summed E-state index contributed by atoms with van der Waals surface area (Å²) in [5.41, 5.74) is 2.71. The van der Waals surface area contributed by atoms with Gasteiger partial charge in [-0.3, -0.25) is 8.99 Å². The van der Waals surface area contributed by atoms with Crippen LogP contribution in [0.5, 0.6) is 0 Å². The van der Waals surface area contributed by atoms with Gasteiger partial charge >= 0.3 is 0 Å². The molecule has 0 radical (unpaired) electrons. The van der Waals surface area contributed by atoms with Crippen LogP contribution >= 0.6 is 11.3 Å². The molecule has 1 aliphatic heterocycles. The Hall–Kier alpha value is -2.20. The van der Waals surface area contributed by atoms with Crippen molar-refractivity contribution in [3.05, 3.63) is 63.6 Å². The van der Waals surface area contributed by atoms with E-state index in [9.17, 15) is 13.5 Å². The largest absolute Gasteiger partial charge is 0.389 e. The molecular formula is C21H25N3O4S2. The Balaban J connectivity index is 1.49. The molecule has 0 spiro atoms. The minimum absolute atomic E-state index is 0.151. The summed E-state index contributed by atoms with van der Waals surface area (Å²) in [6, 6.07) is 11.5. The third kappa shape index (κ3) is 4.02. The van der Waals surface area contributed by atoms with Gasteiger partial charge in [0.1, 0.15) is 4.90 Å². The molecule has 7 nitrogen and oxygen atoms in total. The van der Waals surface area contributed by atoms with Crippen LogP contribution in [-0.2, 0) is 34.3 Å². The standard InChI is InChI=1S/C21H25N3O4S2/c1-15-21(30(26,27)24-10-9-17-6-3-4-8-20(17)24)16(2)23(22-15)12-18(25)13-28-14-19-7-5-11-29-19/h3-8,11,18,25H,9-10,12-14H2,1-2H3. The second-order valence-corrected chi connectivity index (χ2v) is 10.2. The number of aliphatic hydroxyl groups excluding tert-OH is 1. The highest BCUT2D eigenvalue weighted by atomic mass is 32.2. The predicted octanol–water partition coefficient (Wildman–Crippen LogP) is 2.89. The summed E-state index contributed by atoms with van der Waals surface area (Å²) in [5, 5.41) is 16.7. The van der Waals surface area contributed by atoms with Crippen molar-refractivity contribution in [3.8, 4) is 0 Å². The first-order chi connectivity index (χ1) is 14.4.